The Morgan fingerprint density at radius 1 is 1.48 bits per heavy atom. The lowest BCUT2D eigenvalue weighted by Gasteiger charge is -2.49. The Kier molecular flexibility index (Phi) is 5.55. The molecular formula is C17H24BrNO6. The van der Waals surface area contributed by atoms with Crippen LogP contribution in [0.3, 0.4) is 0 Å². The minimum Gasteiger partial charge on any atom is -0.491 e. The van der Waals surface area contributed by atoms with Crippen molar-refractivity contribution in [3.05, 3.63) is 26.6 Å². The monoisotopic (exact) mass is 417 g/mol. The molecule has 1 aromatic heterocycles. The lowest BCUT2D eigenvalue weighted by molar-refractivity contribution is -0.175. The third-order valence-electron chi connectivity index (χ3n) is 5.31. The van der Waals surface area contributed by atoms with Crippen LogP contribution in [0.5, 0.6) is 5.75 Å². The molecule has 4 unspecified atom stereocenters. The highest BCUT2D eigenvalue weighted by Crippen LogP contribution is 2.55. The minimum atomic E-state index is -0.512. The highest BCUT2D eigenvalue weighted by molar-refractivity contribution is 9.10. The van der Waals surface area contributed by atoms with E-state index in [9.17, 15) is 9.90 Å². The number of rotatable bonds is 6. The Morgan fingerprint density at radius 3 is 2.88 bits per heavy atom. The Labute approximate surface area is 155 Å². The topological polar surface area (TPSA) is 79.2 Å². The quantitative estimate of drug-likeness (QED) is 0.713. The first-order chi connectivity index (χ1) is 12.0. The fourth-order valence-electron chi connectivity index (χ4n) is 4.19. The maximum absolute atomic E-state index is 12.6. The van der Waals surface area contributed by atoms with Crippen molar-refractivity contribution < 1.29 is 24.1 Å². The standard InChI is InChI=1S/C17H24BrNO6/c1-17(5-6-20)15-11(4-7-24-15)19-8-10(18)13(21)14(23-3)12(19)16(17)25-9-22-2/h8,11,15-16,20H,4-7,9H2,1-3H3. The lowest BCUT2D eigenvalue weighted by atomic mass is 9.69. The number of ether oxygens (including phenoxy) is 4. The summed E-state index contributed by atoms with van der Waals surface area (Å²) in [5.41, 5.74) is -0.0546. The van der Waals surface area contributed by atoms with Crippen molar-refractivity contribution in [1.82, 2.24) is 4.57 Å². The molecule has 0 aromatic carbocycles. The number of hydrogen-bond acceptors (Lipinski definition) is 6. The molecule has 1 saturated heterocycles. The predicted octanol–water partition coefficient (Wildman–Crippen LogP) is 2.01. The zero-order valence-corrected chi connectivity index (χ0v) is 16.2. The molecule has 0 amide bonds. The van der Waals surface area contributed by atoms with E-state index in [-0.39, 0.29) is 36.7 Å². The van der Waals surface area contributed by atoms with Crippen LogP contribution in [0.15, 0.2) is 15.5 Å². The van der Waals surface area contributed by atoms with Crippen LogP contribution in [0.1, 0.15) is 37.6 Å². The molecule has 0 saturated carbocycles. The molecule has 3 rings (SSSR count). The van der Waals surface area contributed by atoms with Gasteiger partial charge in [-0.15, -0.1) is 0 Å². The van der Waals surface area contributed by atoms with Gasteiger partial charge in [0.25, 0.3) is 0 Å². The molecule has 0 radical (unpaired) electrons. The molecule has 25 heavy (non-hydrogen) atoms. The van der Waals surface area contributed by atoms with Gasteiger partial charge in [0.15, 0.2) is 5.75 Å². The number of methoxy groups -OCH3 is 2. The molecule has 1 fully saturated rings. The molecule has 0 bridgehead atoms. The van der Waals surface area contributed by atoms with Gasteiger partial charge in [0, 0.05) is 31.9 Å². The molecular weight excluding hydrogens is 394 g/mol. The first-order valence-corrected chi connectivity index (χ1v) is 9.10. The van der Waals surface area contributed by atoms with Crippen molar-refractivity contribution in [3.63, 3.8) is 0 Å². The Balaban J connectivity index is 2.25. The first-order valence-electron chi connectivity index (χ1n) is 8.31. The molecule has 2 aliphatic rings. The molecule has 1 N–H and O–H groups in total. The highest BCUT2D eigenvalue weighted by atomic mass is 79.9. The third kappa shape index (κ3) is 2.94. The zero-order chi connectivity index (χ0) is 18.2. The van der Waals surface area contributed by atoms with Crippen LogP contribution in [0.4, 0.5) is 0 Å². The molecule has 8 heteroatoms. The van der Waals surface area contributed by atoms with Gasteiger partial charge in [-0.05, 0) is 28.8 Å². The molecule has 1 aromatic rings. The van der Waals surface area contributed by atoms with Gasteiger partial charge in [-0.3, -0.25) is 4.79 Å². The van der Waals surface area contributed by atoms with E-state index < -0.39 is 11.5 Å². The number of halogens is 1. The van der Waals surface area contributed by atoms with E-state index in [1.165, 1.54) is 7.11 Å². The van der Waals surface area contributed by atoms with E-state index >= 15 is 0 Å². The van der Waals surface area contributed by atoms with Crippen LogP contribution in [0, 0.1) is 5.41 Å². The first kappa shape index (κ1) is 18.8. The second kappa shape index (κ2) is 7.36. The number of aliphatic hydroxyl groups is 1. The average molecular weight is 418 g/mol. The summed E-state index contributed by atoms with van der Waals surface area (Å²) in [7, 11) is 3.03. The Bertz CT molecular complexity index is 692. The number of pyridine rings is 1. The predicted molar refractivity (Wildman–Crippen MR) is 93.9 cm³/mol. The van der Waals surface area contributed by atoms with Gasteiger partial charge in [-0.2, -0.15) is 0 Å². The summed E-state index contributed by atoms with van der Waals surface area (Å²) in [5.74, 6) is 0.255. The maximum Gasteiger partial charge on any atom is 0.237 e. The summed E-state index contributed by atoms with van der Waals surface area (Å²) >= 11 is 3.34. The van der Waals surface area contributed by atoms with Gasteiger partial charge < -0.3 is 28.6 Å². The van der Waals surface area contributed by atoms with Gasteiger partial charge in [-0.25, -0.2) is 0 Å². The third-order valence-corrected chi connectivity index (χ3v) is 5.87. The van der Waals surface area contributed by atoms with Gasteiger partial charge in [0.05, 0.1) is 29.4 Å². The number of aromatic nitrogens is 1. The van der Waals surface area contributed by atoms with Crippen molar-refractivity contribution in [3.8, 4) is 5.75 Å². The molecule has 0 aliphatic carbocycles. The minimum absolute atomic E-state index is 0.000994. The SMILES string of the molecule is COCOC1c2c(OC)c(=O)c(Br)cn2C2CCOC2C1(C)CCO. The fourth-order valence-corrected chi connectivity index (χ4v) is 4.59. The van der Waals surface area contributed by atoms with E-state index in [2.05, 4.69) is 15.9 Å². The number of aliphatic hydroxyl groups excluding tert-OH is 1. The summed E-state index contributed by atoms with van der Waals surface area (Å²) in [6.45, 7) is 2.72. The summed E-state index contributed by atoms with van der Waals surface area (Å²) in [4.78, 5) is 12.6. The van der Waals surface area contributed by atoms with Gasteiger partial charge >= 0.3 is 0 Å². The second-order valence-electron chi connectivity index (χ2n) is 6.71. The van der Waals surface area contributed by atoms with E-state index in [4.69, 9.17) is 18.9 Å². The van der Waals surface area contributed by atoms with Crippen LogP contribution in [-0.2, 0) is 14.2 Å². The number of hydrogen-bond donors (Lipinski definition) is 1. The van der Waals surface area contributed by atoms with Crippen molar-refractivity contribution in [2.45, 2.75) is 38.0 Å². The van der Waals surface area contributed by atoms with E-state index in [0.717, 1.165) is 6.42 Å². The van der Waals surface area contributed by atoms with Crippen LogP contribution in [0.2, 0.25) is 0 Å². The van der Waals surface area contributed by atoms with E-state index in [1.807, 2.05) is 11.5 Å². The molecule has 2 aliphatic heterocycles. The van der Waals surface area contributed by atoms with Crippen LogP contribution in [0.25, 0.3) is 0 Å². The van der Waals surface area contributed by atoms with Crippen LogP contribution < -0.4 is 10.2 Å². The molecule has 4 atom stereocenters. The van der Waals surface area contributed by atoms with Crippen LogP contribution in [-0.4, -0.2) is 50.0 Å². The molecule has 3 heterocycles. The van der Waals surface area contributed by atoms with Crippen molar-refractivity contribution in [2.24, 2.45) is 5.41 Å². The smallest absolute Gasteiger partial charge is 0.237 e. The van der Waals surface area contributed by atoms with Crippen molar-refractivity contribution >= 4 is 15.9 Å². The van der Waals surface area contributed by atoms with Gasteiger partial charge in [0.1, 0.15) is 12.9 Å². The van der Waals surface area contributed by atoms with Crippen molar-refractivity contribution in [2.75, 3.05) is 34.2 Å². The van der Waals surface area contributed by atoms with Crippen LogP contribution >= 0.6 is 15.9 Å². The summed E-state index contributed by atoms with van der Waals surface area (Å²) in [6.07, 6.45) is 2.46. The normalized spacial score (nSPS) is 30.8. The zero-order valence-electron chi connectivity index (χ0n) is 14.7. The molecule has 7 nitrogen and oxygen atoms in total. The highest BCUT2D eigenvalue weighted by Gasteiger charge is 2.55. The summed E-state index contributed by atoms with van der Waals surface area (Å²) < 4.78 is 25.1. The average Bonchev–Trinajstić information content (AvgIpc) is 3.08. The Morgan fingerprint density at radius 2 is 2.24 bits per heavy atom. The van der Waals surface area contributed by atoms with Gasteiger partial charge in [-0.1, -0.05) is 6.92 Å². The summed E-state index contributed by atoms with van der Waals surface area (Å²) in [5, 5.41) is 9.67. The fraction of sp³-hybridized carbons (Fsp3) is 0.706. The maximum atomic E-state index is 12.6. The Hall–Kier alpha value is -0.930. The van der Waals surface area contributed by atoms with Gasteiger partial charge in [0.2, 0.25) is 5.43 Å². The largest absolute Gasteiger partial charge is 0.491 e. The number of fused-ring (bicyclic) bond motifs is 3. The lowest BCUT2D eigenvalue weighted by Crippen LogP contribution is -2.49. The second-order valence-corrected chi connectivity index (χ2v) is 7.57. The van der Waals surface area contributed by atoms with E-state index in [1.54, 1.807) is 13.3 Å². The van der Waals surface area contributed by atoms with E-state index in [0.29, 0.717) is 23.2 Å². The number of nitrogens with zero attached hydrogens (tertiary/aromatic N) is 1. The molecule has 140 valence electrons. The van der Waals surface area contributed by atoms with Crippen molar-refractivity contribution in [1.29, 1.82) is 0 Å². The molecule has 0 spiro atoms. The summed E-state index contributed by atoms with van der Waals surface area (Å²) in [6, 6.07) is 0.0553.